The number of hydrogen-bond donors (Lipinski definition) is 0. The van der Waals surface area contributed by atoms with Crippen LogP contribution in [0.3, 0.4) is 0 Å². The SMILES string of the molecule is Cc1cc(N2CCC2C(F)(F)F)n2nc(C(F)(F)F)nc2n1. The van der Waals surface area contributed by atoms with Gasteiger partial charge in [-0.1, -0.05) is 0 Å². The van der Waals surface area contributed by atoms with E-state index in [4.69, 9.17) is 0 Å². The van der Waals surface area contributed by atoms with Gasteiger partial charge in [0.25, 0.3) is 11.6 Å². The highest BCUT2D eigenvalue weighted by Crippen LogP contribution is 2.37. The molecule has 5 nitrogen and oxygen atoms in total. The standard InChI is InChI=1S/C11H9F6N5/c1-5-4-7(21-3-2-6(21)10(12,13)14)22-9(18-5)19-8(20-22)11(15,16)17/h4,6H,2-3H2,1H3. The lowest BCUT2D eigenvalue weighted by molar-refractivity contribution is -0.160. The number of aryl methyl sites for hydroxylation is 1. The van der Waals surface area contributed by atoms with Crippen LogP contribution in [-0.4, -0.2) is 38.3 Å². The third kappa shape index (κ3) is 2.33. The Bertz CT molecular complexity index is 718. The summed E-state index contributed by atoms with van der Waals surface area (Å²) in [5, 5.41) is 3.25. The monoisotopic (exact) mass is 325 g/mol. The van der Waals surface area contributed by atoms with Crippen LogP contribution in [0.15, 0.2) is 6.07 Å². The van der Waals surface area contributed by atoms with Crippen LogP contribution in [-0.2, 0) is 6.18 Å². The topological polar surface area (TPSA) is 46.3 Å². The number of fused-ring (bicyclic) bond motifs is 1. The van der Waals surface area contributed by atoms with Crippen molar-refractivity contribution in [2.24, 2.45) is 0 Å². The number of rotatable bonds is 1. The van der Waals surface area contributed by atoms with Gasteiger partial charge in [-0.15, -0.1) is 5.10 Å². The van der Waals surface area contributed by atoms with Gasteiger partial charge in [0.15, 0.2) is 0 Å². The molecule has 11 heteroatoms. The molecule has 0 saturated carbocycles. The van der Waals surface area contributed by atoms with Gasteiger partial charge in [0.1, 0.15) is 11.9 Å². The second-order valence-corrected chi connectivity index (χ2v) is 4.94. The van der Waals surface area contributed by atoms with E-state index < -0.39 is 24.2 Å². The average Bonchev–Trinajstić information content (AvgIpc) is 2.67. The van der Waals surface area contributed by atoms with E-state index in [0.717, 1.165) is 4.90 Å². The Morgan fingerprint density at radius 1 is 1.14 bits per heavy atom. The Morgan fingerprint density at radius 2 is 1.82 bits per heavy atom. The van der Waals surface area contributed by atoms with Crippen molar-refractivity contribution in [2.45, 2.75) is 31.7 Å². The molecule has 0 radical (unpaired) electrons. The maximum Gasteiger partial charge on any atom is 0.453 e. The van der Waals surface area contributed by atoms with Gasteiger partial charge in [-0.3, -0.25) is 0 Å². The van der Waals surface area contributed by atoms with Crippen molar-refractivity contribution >= 4 is 11.6 Å². The predicted molar refractivity (Wildman–Crippen MR) is 62.3 cm³/mol. The number of nitrogens with zero attached hydrogens (tertiary/aromatic N) is 5. The van der Waals surface area contributed by atoms with Crippen LogP contribution in [0.2, 0.25) is 0 Å². The fourth-order valence-electron chi connectivity index (χ4n) is 2.29. The molecule has 3 heterocycles. The van der Waals surface area contributed by atoms with Gasteiger partial charge in [-0.25, -0.2) is 4.98 Å². The van der Waals surface area contributed by atoms with Gasteiger partial charge in [0.2, 0.25) is 0 Å². The van der Waals surface area contributed by atoms with Crippen LogP contribution < -0.4 is 4.90 Å². The third-order valence-corrected chi connectivity index (χ3v) is 3.37. The lowest BCUT2D eigenvalue weighted by Crippen LogP contribution is -2.56. The van der Waals surface area contributed by atoms with Crippen molar-refractivity contribution in [3.8, 4) is 0 Å². The van der Waals surface area contributed by atoms with Gasteiger partial charge >= 0.3 is 12.4 Å². The number of alkyl halides is 6. The summed E-state index contributed by atoms with van der Waals surface area (Å²) in [5.41, 5.74) is 0.261. The molecular weight excluding hydrogens is 316 g/mol. The van der Waals surface area contributed by atoms with Crippen molar-refractivity contribution in [3.63, 3.8) is 0 Å². The Morgan fingerprint density at radius 3 is 2.32 bits per heavy atom. The van der Waals surface area contributed by atoms with Gasteiger partial charge in [-0.2, -0.15) is 35.8 Å². The van der Waals surface area contributed by atoms with E-state index >= 15 is 0 Å². The molecule has 1 unspecified atom stereocenters. The van der Waals surface area contributed by atoms with Crippen molar-refractivity contribution in [3.05, 3.63) is 17.6 Å². The summed E-state index contributed by atoms with van der Waals surface area (Å²) in [6, 6.07) is -0.476. The highest BCUT2D eigenvalue weighted by atomic mass is 19.4. The summed E-state index contributed by atoms with van der Waals surface area (Å²) in [4.78, 5) is 7.98. The second kappa shape index (κ2) is 4.46. The molecule has 3 rings (SSSR count). The molecule has 2 aromatic heterocycles. The fraction of sp³-hybridized carbons (Fsp3) is 0.545. The van der Waals surface area contributed by atoms with Crippen LogP contribution in [0.1, 0.15) is 17.9 Å². The molecule has 0 N–H and O–H groups in total. The molecular formula is C11H9F6N5. The molecule has 1 fully saturated rings. The zero-order valence-corrected chi connectivity index (χ0v) is 11.1. The highest BCUT2D eigenvalue weighted by molar-refractivity contribution is 5.50. The molecule has 0 aromatic carbocycles. The Balaban J connectivity index is 2.11. The summed E-state index contributed by atoms with van der Waals surface area (Å²) in [7, 11) is 0. The Labute approximate surface area is 119 Å². The van der Waals surface area contributed by atoms with E-state index in [1.807, 2.05) is 0 Å². The fourth-order valence-corrected chi connectivity index (χ4v) is 2.29. The zero-order chi connectivity index (χ0) is 16.3. The minimum absolute atomic E-state index is 0.0734. The van der Waals surface area contributed by atoms with Crippen LogP contribution in [0.5, 0.6) is 0 Å². The first-order valence-electron chi connectivity index (χ1n) is 6.22. The summed E-state index contributed by atoms with van der Waals surface area (Å²) in [6.07, 6.45) is -9.38. The van der Waals surface area contributed by atoms with Gasteiger partial charge in [0, 0.05) is 18.3 Å². The van der Waals surface area contributed by atoms with Gasteiger partial charge < -0.3 is 4.90 Å². The summed E-state index contributed by atoms with van der Waals surface area (Å²) in [6.45, 7) is 1.54. The Kier molecular flexibility index (Phi) is 3.01. The average molecular weight is 325 g/mol. The lowest BCUT2D eigenvalue weighted by Gasteiger charge is -2.43. The van der Waals surface area contributed by atoms with E-state index in [1.165, 1.54) is 13.0 Å². The van der Waals surface area contributed by atoms with E-state index in [2.05, 4.69) is 15.1 Å². The second-order valence-electron chi connectivity index (χ2n) is 4.94. The maximum atomic E-state index is 12.8. The van der Waals surface area contributed by atoms with E-state index in [9.17, 15) is 26.3 Å². The number of aromatic nitrogens is 4. The Hall–Kier alpha value is -2.07. The first-order chi connectivity index (χ1) is 10.1. The molecule has 1 saturated heterocycles. The predicted octanol–water partition coefficient (Wildman–Crippen LogP) is 2.59. The molecule has 22 heavy (non-hydrogen) atoms. The first-order valence-corrected chi connectivity index (χ1v) is 6.22. The molecule has 0 spiro atoms. The molecule has 2 aromatic rings. The number of anilines is 1. The highest BCUT2D eigenvalue weighted by Gasteiger charge is 2.49. The van der Waals surface area contributed by atoms with Crippen LogP contribution in [0, 0.1) is 6.92 Å². The van der Waals surface area contributed by atoms with E-state index in [0.29, 0.717) is 4.52 Å². The first kappa shape index (κ1) is 14.9. The molecule has 0 bridgehead atoms. The molecule has 1 atom stereocenters. The smallest absolute Gasteiger partial charge is 0.344 e. The van der Waals surface area contributed by atoms with Gasteiger partial charge in [-0.05, 0) is 13.3 Å². The minimum atomic E-state index is -4.79. The molecule has 0 amide bonds. The van der Waals surface area contributed by atoms with Crippen molar-refractivity contribution in [1.82, 2.24) is 19.6 Å². The normalized spacial score (nSPS) is 19.6. The molecule has 120 valence electrons. The van der Waals surface area contributed by atoms with Crippen molar-refractivity contribution in [1.29, 1.82) is 0 Å². The summed E-state index contributed by atoms with van der Waals surface area (Å²) < 4.78 is 77.2. The van der Waals surface area contributed by atoms with Crippen LogP contribution >= 0.6 is 0 Å². The third-order valence-electron chi connectivity index (χ3n) is 3.37. The molecule has 0 aliphatic carbocycles. The number of halogens is 6. The van der Waals surface area contributed by atoms with Crippen LogP contribution in [0.4, 0.5) is 32.2 Å². The lowest BCUT2D eigenvalue weighted by atomic mass is 10.0. The van der Waals surface area contributed by atoms with Gasteiger partial charge in [0.05, 0.1) is 0 Å². The van der Waals surface area contributed by atoms with E-state index in [1.54, 1.807) is 0 Å². The largest absolute Gasteiger partial charge is 0.453 e. The van der Waals surface area contributed by atoms with Crippen molar-refractivity contribution in [2.75, 3.05) is 11.4 Å². The number of hydrogen-bond acceptors (Lipinski definition) is 4. The molecule has 1 aliphatic rings. The van der Waals surface area contributed by atoms with E-state index in [-0.39, 0.29) is 30.3 Å². The quantitative estimate of drug-likeness (QED) is 0.756. The minimum Gasteiger partial charge on any atom is -0.344 e. The van der Waals surface area contributed by atoms with Crippen molar-refractivity contribution < 1.29 is 26.3 Å². The summed E-state index contributed by atoms with van der Waals surface area (Å²) in [5.74, 6) is -1.91. The molecule has 1 aliphatic heterocycles. The summed E-state index contributed by atoms with van der Waals surface area (Å²) >= 11 is 0. The zero-order valence-electron chi connectivity index (χ0n) is 11.1. The maximum absolute atomic E-state index is 12.8. The van der Waals surface area contributed by atoms with Crippen LogP contribution in [0.25, 0.3) is 5.78 Å².